The molecule has 0 aromatic rings. The number of hydrogen-bond acceptors (Lipinski definition) is 6. The van der Waals surface area contributed by atoms with Crippen LogP contribution in [0, 0.1) is 0 Å². The van der Waals surface area contributed by atoms with Crippen LogP contribution in [0.25, 0.3) is 0 Å². The second kappa shape index (κ2) is 6.99. The van der Waals surface area contributed by atoms with Gasteiger partial charge in [0.1, 0.15) is 5.88 Å². The summed E-state index contributed by atoms with van der Waals surface area (Å²) in [5.41, 5.74) is 0. The number of morpholine rings is 1. The van der Waals surface area contributed by atoms with Crippen molar-refractivity contribution >= 4 is 9.84 Å². The van der Waals surface area contributed by atoms with Crippen molar-refractivity contribution in [1.29, 1.82) is 0 Å². The molecule has 0 N–H and O–H groups in total. The molecule has 0 amide bonds. The molecule has 112 valence electrons. The van der Waals surface area contributed by atoms with Crippen molar-refractivity contribution in [2.45, 2.75) is 0 Å². The SMILES string of the molecule is CS(=O)(=O)CN1CCN(CCN2CCOCC2)CC1. The molecule has 0 aromatic heterocycles. The number of piperazine rings is 1. The van der Waals surface area contributed by atoms with E-state index in [1.165, 1.54) is 6.26 Å². The van der Waals surface area contributed by atoms with Crippen LogP contribution in [0.3, 0.4) is 0 Å². The van der Waals surface area contributed by atoms with Crippen molar-refractivity contribution < 1.29 is 13.2 Å². The molecule has 0 aliphatic carbocycles. The summed E-state index contributed by atoms with van der Waals surface area (Å²) in [6, 6.07) is 0. The van der Waals surface area contributed by atoms with E-state index in [-0.39, 0.29) is 5.88 Å². The third-order valence-electron chi connectivity index (χ3n) is 3.72. The van der Waals surface area contributed by atoms with Crippen molar-refractivity contribution in [2.75, 3.05) is 77.7 Å². The minimum absolute atomic E-state index is 0.199. The standard InChI is InChI=1S/C12H25N3O3S/c1-19(16,17)12-15-6-4-13(5-7-15)2-3-14-8-10-18-11-9-14/h2-12H2,1H3. The average molecular weight is 291 g/mol. The van der Waals surface area contributed by atoms with E-state index in [1.54, 1.807) is 0 Å². The molecule has 6 nitrogen and oxygen atoms in total. The molecule has 0 spiro atoms. The lowest BCUT2D eigenvalue weighted by molar-refractivity contribution is 0.0305. The highest BCUT2D eigenvalue weighted by molar-refractivity contribution is 7.90. The van der Waals surface area contributed by atoms with Gasteiger partial charge in [0.05, 0.1) is 13.2 Å². The fourth-order valence-corrected chi connectivity index (χ4v) is 3.50. The smallest absolute Gasteiger partial charge is 0.160 e. The molecule has 2 heterocycles. The molecule has 0 atom stereocenters. The summed E-state index contributed by atoms with van der Waals surface area (Å²) in [7, 11) is -2.89. The monoisotopic (exact) mass is 291 g/mol. The Morgan fingerprint density at radius 2 is 1.32 bits per heavy atom. The molecular weight excluding hydrogens is 266 g/mol. The summed E-state index contributed by atoms with van der Waals surface area (Å²) >= 11 is 0. The quantitative estimate of drug-likeness (QED) is 0.643. The molecule has 0 unspecified atom stereocenters. The topological polar surface area (TPSA) is 53.1 Å². The number of sulfone groups is 1. The lowest BCUT2D eigenvalue weighted by Gasteiger charge is -2.36. The molecular formula is C12H25N3O3S. The second-order valence-corrected chi connectivity index (χ2v) is 7.58. The zero-order chi connectivity index (χ0) is 13.7. The maximum Gasteiger partial charge on any atom is 0.160 e. The van der Waals surface area contributed by atoms with E-state index in [4.69, 9.17) is 4.74 Å². The Morgan fingerprint density at radius 3 is 1.84 bits per heavy atom. The van der Waals surface area contributed by atoms with Crippen LogP contribution >= 0.6 is 0 Å². The van der Waals surface area contributed by atoms with E-state index in [1.807, 2.05) is 4.90 Å². The number of rotatable bonds is 5. The summed E-state index contributed by atoms with van der Waals surface area (Å²) in [5, 5.41) is 0. The van der Waals surface area contributed by atoms with Gasteiger partial charge in [0, 0.05) is 58.6 Å². The van der Waals surface area contributed by atoms with Crippen LogP contribution in [0.1, 0.15) is 0 Å². The van der Waals surface area contributed by atoms with E-state index in [0.717, 1.165) is 65.6 Å². The van der Waals surface area contributed by atoms with Crippen LogP contribution in [-0.4, -0.2) is 101 Å². The Labute approximate surface area is 116 Å². The molecule has 0 saturated carbocycles. The Bertz CT molecular complexity index is 360. The van der Waals surface area contributed by atoms with Gasteiger partial charge in [0.15, 0.2) is 9.84 Å². The molecule has 2 rings (SSSR count). The van der Waals surface area contributed by atoms with Crippen LogP contribution in [0.2, 0.25) is 0 Å². The number of nitrogens with zero attached hydrogens (tertiary/aromatic N) is 3. The van der Waals surface area contributed by atoms with Gasteiger partial charge in [0.2, 0.25) is 0 Å². The third-order valence-corrected chi connectivity index (χ3v) is 4.55. The largest absolute Gasteiger partial charge is 0.379 e. The predicted octanol–water partition coefficient (Wildman–Crippen LogP) is -1.06. The van der Waals surface area contributed by atoms with Crippen LogP contribution in [0.15, 0.2) is 0 Å². The summed E-state index contributed by atoms with van der Waals surface area (Å²) in [6.45, 7) is 9.60. The maximum absolute atomic E-state index is 11.2. The van der Waals surface area contributed by atoms with Gasteiger partial charge in [0.25, 0.3) is 0 Å². The molecule has 0 radical (unpaired) electrons. The summed E-state index contributed by atoms with van der Waals surface area (Å²) < 4.78 is 27.8. The third kappa shape index (κ3) is 5.74. The minimum Gasteiger partial charge on any atom is -0.379 e. The van der Waals surface area contributed by atoms with Gasteiger partial charge >= 0.3 is 0 Å². The Kier molecular flexibility index (Phi) is 5.58. The first-order chi connectivity index (χ1) is 9.03. The van der Waals surface area contributed by atoms with Gasteiger partial charge in [-0.05, 0) is 0 Å². The minimum atomic E-state index is -2.89. The van der Waals surface area contributed by atoms with Gasteiger partial charge in [-0.2, -0.15) is 0 Å². The van der Waals surface area contributed by atoms with E-state index >= 15 is 0 Å². The van der Waals surface area contributed by atoms with Crippen molar-refractivity contribution in [3.8, 4) is 0 Å². The zero-order valence-corrected chi connectivity index (χ0v) is 12.6. The summed E-state index contributed by atoms with van der Waals surface area (Å²) in [6.07, 6.45) is 1.30. The van der Waals surface area contributed by atoms with Crippen LogP contribution in [-0.2, 0) is 14.6 Å². The van der Waals surface area contributed by atoms with Crippen molar-refractivity contribution in [1.82, 2.24) is 14.7 Å². The van der Waals surface area contributed by atoms with E-state index in [0.29, 0.717) is 0 Å². The number of ether oxygens (including phenoxy) is 1. The van der Waals surface area contributed by atoms with Gasteiger partial charge < -0.3 is 4.74 Å². The lowest BCUT2D eigenvalue weighted by atomic mass is 10.3. The predicted molar refractivity (Wildman–Crippen MR) is 75.0 cm³/mol. The first-order valence-electron chi connectivity index (χ1n) is 6.95. The Hall–Kier alpha value is -0.210. The highest BCUT2D eigenvalue weighted by Gasteiger charge is 2.20. The van der Waals surface area contributed by atoms with Crippen LogP contribution in [0.4, 0.5) is 0 Å². The Balaban J connectivity index is 1.63. The first kappa shape index (κ1) is 15.2. The number of hydrogen-bond donors (Lipinski definition) is 0. The van der Waals surface area contributed by atoms with Gasteiger partial charge in [-0.25, -0.2) is 8.42 Å². The lowest BCUT2D eigenvalue weighted by Crippen LogP contribution is -2.50. The normalized spacial score (nSPS) is 24.7. The van der Waals surface area contributed by atoms with E-state index in [2.05, 4.69) is 9.80 Å². The fourth-order valence-electron chi connectivity index (χ4n) is 2.58. The molecule has 0 aromatic carbocycles. The van der Waals surface area contributed by atoms with Crippen LogP contribution in [0.5, 0.6) is 0 Å². The van der Waals surface area contributed by atoms with Crippen molar-refractivity contribution in [3.05, 3.63) is 0 Å². The molecule has 2 fully saturated rings. The molecule has 2 saturated heterocycles. The highest BCUT2D eigenvalue weighted by Crippen LogP contribution is 2.04. The Morgan fingerprint density at radius 1 is 0.842 bits per heavy atom. The fraction of sp³-hybridized carbons (Fsp3) is 1.00. The first-order valence-corrected chi connectivity index (χ1v) is 9.01. The van der Waals surface area contributed by atoms with Gasteiger partial charge in [-0.1, -0.05) is 0 Å². The van der Waals surface area contributed by atoms with Gasteiger partial charge in [-0.3, -0.25) is 14.7 Å². The molecule has 7 heteroatoms. The molecule has 2 aliphatic rings. The molecule has 2 aliphatic heterocycles. The zero-order valence-electron chi connectivity index (χ0n) is 11.8. The summed E-state index contributed by atoms with van der Waals surface area (Å²) in [4.78, 5) is 6.89. The van der Waals surface area contributed by atoms with E-state index in [9.17, 15) is 8.42 Å². The highest BCUT2D eigenvalue weighted by atomic mass is 32.2. The maximum atomic E-state index is 11.2. The average Bonchev–Trinajstić information content (AvgIpc) is 2.37. The second-order valence-electron chi connectivity index (χ2n) is 5.47. The molecule has 0 bridgehead atoms. The van der Waals surface area contributed by atoms with Crippen LogP contribution < -0.4 is 0 Å². The molecule has 19 heavy (non-hydrogen) atoms. The van der Waals surface area contributed by atoms with E-state index < -0.39 is 9.84 Å². The van der Waals surface area contributed by atoms with Crippen molar-refractivity contribution in [3.63, 3.8) is 0 Å². The summed E-state index contributed by atoms with van der Waals surface area (Å²) in [5.74, 6) is 0.199. The van der Waals surface area contributed by atoms with Gasteiger partial charge in [-0.15, -0.1) is 0 Å². The van der Waals surface area contributed by atoms with Crippen molar-refractivity contribution in [2.24, 2.45) is 0 Å².